The molecule has 0 aromatic carbocycles. The van der Waals surface area contributed by atoms with E-state index in [1.165, 1.54) is 5.56 Å². The lowest BCUT2D eigenvalue weighted by Gasteiger charge is -2.35. The molecule has 0 spiro atoms. The molecule has 2 rings (SSSR count). The Bertz CT molecular complexity index is 602. The van der Waals surface area contributed by atoms with Crippen molar-refractivity contribution in [3.63, 3.8) is 0 Å². The van der Waals surface area contributed by atoms with Crippen LogP contribution in [0.3, 0.4) is 0 Å². The van der Waals surface area contributed by atoms with Crippen LogP contribution in [0.15, 0.2) is 24.8 Å². The lowest BCUT2D eigenvalue weighted by atomic mass is 9.73. The highest BCUT2D eigenvalue weighted by Crippen LogP contribution is 2.44. The molecule has 2 aromatic rings. The Labute approximate surface area is 128 Å². The largest absolute Gasteiger partial charge is 0.388 e. The van der Waals surface area contributed by atoms with Crippen LogP contribution in [-0.2, 0) is 0 Å². The topological polar surface area (TPSA) is 37.5 Å². The smallest absolute Gasteiger partial charge is 0.0992 e. The van der Waals surface area contributed by atoms with Crippen LogP contribution in [0.4, 0.5) is 0 Å². The minimum atomic E-state index is -0.458. The summed E-state index contributed by atoms with van der Waals surface area (Å²) >= 11 is 0. The Morgan fingerprint density at radius 2 is 2.05 bits per heavy atom. The SMILES string of the molecule is CCC[C@@](C)(CC)[C@H](O)c1c(C(C)C)ccn2cncc12. The normalized spacial score (nSPS) is 16.3. The van der Waals surface area contributed by atoms with Crippen LogP contribution in [0.25, 0.3) is 5.52 Å². The van der Waals surface area contributed by atoms with Gasteiger partial charge in [-0.05, 0) is 35.8 Å². The number of imidazole rings is 1. The Hall–Kier alpha value is -1.35. The second-order valence-electron chi connectivity index (χ2n) is 6.69. The van der Waals surface area contributed by atoms with Gasteiger partial charge in [-0.15, -0.1) is 0 Å². The van der Waals surface area contributed by atoms with Crippen LogP contribution in [0, 0.1) is 5.41 Å². The van der Waals surface area contributed by atoms with Gasteiger partial charge >= 0.3 is 0 Å². The standard InChI is InChI=1S/C18H28N2O/c1-6-9-18(5,7-2)17(21)16-14(13(3)4)8-10-20-12-19-11-15(16)20/h8,10-13,17,21H,6-7,9H2,1-5H3/t17-,18-/m1/s1. The van der Waals surface area contributed by atoms with E-state index in [2.05, 4.69) is 45.7 Å². The average molecular weight is 288 g/mol. The lowest BCUT2D eigenvalue weighted by Crippen LogP contribution is -2.26. The summed E-state index contributed by atoms with van der Waals surface area (Å²) in [5.74, 6) is 0.386. The van der Waals surface area contributed by atoms with E-state index < -0.39 is 6.10 Å². The van der Waals surface area contributed by atoms with Crippen molar-refractivity contribution in [3.8, 4) is 0 Å². The number of rotatable bonds is 6. The molecule has 21 heavy (non-hydrogen) atoms. The van der Waals surface area contributed by atoms with Crippen molar-refractivity contribution < 1.29 is 5.11 Å². The first-order chi connectivity index (χ1) is 9.94. The highest BCUT2D eigenvalue weighted by atomic mass is 16.3. The summed E-state index contributed by atoms with van der Waals surface area (Å²) in [6.45, 7) is 10.9. The van der Waals surface area contributed by atoms with Crippen LogP contribution in [0.2, 0.25) is 0 Å². The summed E-state index contributed by atoms with van der Waals surface area (Å²) in [6, 6.07) is 2.12. The van der Waals surface area contributed by atoms with Crippen molar-refractivity contribution in [2.75, 3.05) is 0 Å². The van der Waals surface area contributed by atoms with Gasteiger partial charge in [0, 0.05) is 11.8 Å². The van der Waals surface area contributed by atoms with Gasteiger partial charge in [-0.1, -0.05) is 41.0 Å². The molecule has 0 aliphatic carbocycles. The fourth-order valence-electron chi connectivity index (χ4n) is 3.26. The average Bonchev–Trinajstić information content (AvgIpc) is 2.93. The molecule has 0 unspecified atom stereocenters. The zero-order valence-electron chi connectivity index (χ0n) is 13.9. The van der Waals surface area contributed by atoms with Gasteiger partial charge in [0.1, 0.15) is 0 Å². The fraction of sp³-hybridized carbons (Fsp3) is 0.611. The van der Waals surface area contributed by atoms with Crippen molar-refractivity contribution in [2.45, 2.75) is 65.9 Å². The summed E-state index contributed by atoms with van der Waals surface area (Å²) in [5, 5.41) is 11.2. The van der Waals surface area contributed by atoms with E-state index in [9.17, 15) is 5.11 Å². The molecule has 3 heteroatoms. The maximum Gasteiger partial charge on any atom is 0.0992 e. The molecule has 0 radical (unpaired) electrons. The summed E-state index contributed by atoms with van der Waals surface area (Å²) in [7, 11) is 0. The van der Waals surface area contributed by atoms with Gasteiger partial charge in [0.25, 0.3) is 0 Å². The minimum Gasteiger partial charge on any atom is -0.388 e. The van der Waals surface area contributed by atoms with E-state index in [1.807, 2.05) is 16.8 Å². The number of pyridine rings is 1. The number of nitrogens with zero attached hydrogens (tertiary/aromatic N) is 2. The second-order valence-corrected chi connectivity index (χ2v) is 6.69. The van der Waals surface area contributed by atoms with Crippen LogP contribution < -0.4 is 0 Å². The molecule has 1 N–H and O–H groups in total. The van der Waals surface area contributed by atoms with Gasteiger partial charge in [-0.25, -0.2) is 4.98 Å². The van der Waals surface area contributed by atoms with Crippen molar-refractivity contribution in [1.82, 2.24) is 9.38 Å². The molecule has 0 bridgehead atoms. The number of fused-ring (bicyclic) bond motifs is 1. The minimum absolute atomic E-state index is 0.0928. The molecule has 2 atom stereocenters. The van der Waals surface area contributed by atoms with Gasteiger partial charge in [0.05, 0.1) is 24.1 Å². The van der Waals surface area contributed by atoms with E-state index in [1.54, 1.807) is 6.33 Å². The zero-order valence-corrected chi connectivity index (χ0v) is 13.9. The van der Waals surface area contributed by atoms with Crippen LogP contribution in [0.1, 0.15) is 77.0 Å². The Balaban J connectivity index is 2.62. The molecule has 0 aliphatic heterocycles. The third-order valence-electron chi connectivity index (χ3n) is 4.85. The number of aromatic nitrogens is 2. The van der Waals surface area contributed by atoms with E-state index in [0.717, 1.165) is 30.3 Å². The van der Waals surface area contributed by atoms with Crippen LogP contribution in [-0.4, -0.2) is 14.5 Å². The molecule has 0 amide bonds. The molecule has 116 valence electrons. The van der Waals surface area contributed by atoms with Crippen LogP contribution >= 0.6 is 0 Å². The molecule has 2 heterocycles. The van der Waals surface area contributed by atoms with Crippen molar-refractivity contribution in [2.24, 2.45) is 5.41 Å². The first-order valence-corrected chi connectivity index (χ1v) is 8.07. The maximum atomic E-state index is 11.2. The molecule has 0 fully saturated rings. The van der Waals surface area contributed by atoms with E-state index in [4.69, 9.17) is 0 Å². The van der Waals surface area contributed by atoms with Crippen molar-refractivity contribution in [1.29, 1.82) is 0 Å². The second kappa shape index (κ2) is 6.18. The first kappa shape index (κ1) is 16.0. The maximum absolute atomic E-state index is 11.2. The van der Waals surface area contributed by atoms with Crippen molar-refractivity contribution in [3.05, 3.63) is 35.9 Å². The Morgan fingerprint density at radius 3 is 2.62 bits per heavy atom. The Kier molecular flexibility index (Phi) is 4.72. The van der Waals surface area contributed by atoms with Gasteiger partial charge in [0.2, 0.25) is 0 Å². The highest BCUT2D eigenvalue weighted by Gasteiger charge is 2.34. The van der Waals surface area contributed by atoms with E-state index >= 15 is 0 Å². The van der Waals surface area contributed by atoms with Gasteiger partial charge in [-0.3, -0.25) is 0 Å². The third kappa shape index (κ3) is 2.84. The van der Waals surface area contributed by atoms with Gasteiger partial charge in [0.15, 0.2) is 0 Å². The number of hydrogen-bond donors (Lipinski definition) is 1. The monoisotopic (exact) mass is 288 g/mol. The summed E-state index contributed by atoms with van der Waals surface area (Å²) in [4.78, 5) is 4.25. The zero-order chi connectivity index (χ0) is 15.6. The molecule has 0 aliphatic rings. The molecular formula is C18H28N2O. The quantitative estimate of drug-likeness (QED) is 0.836. The molecular weight excluding hydrogens is 260 g/mol. The summed E-state index contributed by atoms with van der Waals surface area (Å²) < 4.78 is 2.01. The van der Waals surface area contributed by atoms with E-state index in [-0.39, 0.29) is 5.41 Å². The number of aliphatic hydroxyl groups is 1. The van der Waals surface area contributed by atoms with Gasteiger partial charge < -0.3 is 9.51 Å². The van der Waals surface area contributed by atoms with Crippen LogP contribution in [0.5, 0.6) is 0 Å². The number of aliphatic hydroxyl groups excluding tert-OH is 1. The molecule has 2 aromatic heterocycles. The van der Waals surface area contributed by atoms with Crippen molar-refractivity contribution >= 4 is 5.52 Å². The number of hydrogen-bond acceptors (Lipinski definition) is 2. The Morgan fingerprint density at radius 1 is 1.33 bits per heavy atom. The summed E-state index contributed by atoms with van der Waals surface area (Å²) in [6.07, 6.45) is 8.33. The highest BCUT2D eigenvalue weighted by molar-refractivity contribution is 5.58. The predicted octanol–water partition coefficient (Wildman–Crippen LogP) is 4.71. The predicted molar refractivity (Wildman–Crippen MR) is 87.5 cm³/mol. The molecule has 3 nitrogen and oxygen atoms in total. The van der Waals surface area contributed by atoms with E-state index in [0.29, 0.717) is 5.92 Å². The first-order valence-electron chi connectivity index (χ1n) is 8.07. The molecule has 0 saturated heterocycles. The molecule has 0 saturated carbocycles. The third-order valence-corrected chi connectivity index (χ3v) is 4.85. The lowest BCUT2D eigenvalue weighted by molar-refractivity contribution is 0.0257. The fourth-order valence-corrected chi connectivity index (χ4v) is 3.26. The summed E-state index contributed by atoms with van der Waals surface area (Å²) in [5.41, 5.74) is 3.23. The van der Waals surface area contributed by atoms with Gasteiger partial charge in [-0.2, -0.15) is 0 Å².